The Hall–Kier alpha value is -2.60. The summed E-state index contributed by atoms with van der Waals surface area (Å²) in [6.07, 6.45) is 0.763. The van der Waals surface area contributed by atoms with Gasteiger partial charge in [0.15, 0.2) is 6.61 Å². The molecule has 0 saturated heterocycles. The Kier molecular flexibility index (Phi) is 8.66. The fraction of sp³-hybridized carbons (Fsp3) is 0.391. The maximum absolute atomic E-state index is 14.2. The lowest BCUT2D eigenvalue weighted by Crippen LogP contribution is -2.50. The summed E-state index contributed by atoms with van der Waals surface area (Å²) in [5, 5.41) is 3.47. The van der Waals surface area contributed by atoms with Crippen LogP contribution in [0.3, 0.4) is 0 Å². The number of ether oxygens (including phenoxy) is 1. The molecule has 0 radical (unpaired) electrons. The molecule has 0 unspecified atom stereocenters. The van der Waals surface area contributed by atoms with Crippen LogP contribution in [-0.4, -0.2) is 35.4 Å². The van der Waals surface area contributed by atoms with Crippen LogP contribution >= 0.6 is 11.6 Å². The first kappa shape index (κ1) is 23.7. The molecule has 0 aliphatic rings. The second-order valence-corrected chi connectivity index (χ2v) is 7.71. The lowest BCUT2D eigenvalue weighted by molar-refractivity contribution is -0.142. The number of nitrogens with one attached hydrogen (secondary N) is 1. The zero-order valence-corrected chi connectivity index (χ0v) is 18.5. The second-order valence-electron chi connectivity index (χ2n) is 7.31. The van der Waals surface area contributed by atoms with E-state index in [1.54, 1.807) is 43.3 Å². The molecule has 162 valence electrons. The number of aryl methyl sites for hydroxylation is 1. The summed E-state index contributed by atoms with van der Waals surface area (Å²) in [4.78, 5) is 26.9. The number of hydrogen-bond acceptors (Lipinski definition) is 3. The van der Waals surface area contributed by atoms with Crippen molar-refractivity contribution in [2.45, 2.75) is 52.7 Å². The molecule has 1 N–H and O–H groups in total. The molecule has 0 bridgehead atoms. The van der Waals surface area contributed by atoms with Gasteiger partial charge in [0.2, 0.25) is 5.91 Å². The fourth-order valence-electron chi connectivity index (χ4n) is 2.79. The van der Waals surface area contributed by atoms with Crippen molar-refractivity contribution in [2.75, 3.05) is 6.61 Å². The van der Waals surface area contributed by atoms with Crippen molar-refractivity contribution < 1.29 is 18.7 Å². The Morgan fingerprint density at radius 3 is 2.53 bits per heavy atom. The van der Waals surface area contributed by atoms with Gasteiger partial charge < -0.3 is 15.0 Å². The zero-order chi connectivity index (χ0) is 22.3. The number of amides is 2. The molecule has 0 spiro atoms. The smallest absolute Gasteiger partial charge is 0.261 e. The van der Waals surface area contributed by atoms with E-state index in [1.807, 2.05) is 20.8 Å². The molecule has 0 saturated carbocycles. The van der Waals surface area contributed by atoms with Crippen molar-refractivity contribution in [3.05, 3.63) is 64.4 Å². The molecule has 2 amide bonds. The third-order valence-corrected chi connectivity index (χ3v) is 5.38. The number of carbonyl (C=O) groups excluding carboxylic acids is 2. The van der Waals surface area contributed by atoms with Crippen molar-refractivity contribution in [1.82, 2.24) is 10.2 Å². The summed E-state index contributed by atoms with van der Waals surface area (Å²) >= 11 is 6.02. The van der Waals surface area contributed by atoms with E-state index in [0.29, 0.717) is 16.3 Å². The molecule has 7 heteroatoms. The number of benzene rings is 2. The average Bonchev–Trinajstić information content (AvgIpc) is 2.73. The minimum atomic E-state index is -0.790. The van der Waals surface area contributed by atoms with Crippen LogP contribution in [0.15, 0.2) is 42.5 Å². The van der Waals surface area contributed by atoms with E-state index in [9.17, 15) is 14.0 Å². The Labute approximate surface area is 182 Å². The SMILES string of the molecule is CC[C@@H](C)NC(=O)[C@@H](C)N(Cc1ccccc1F)C(=O)COc1ccc(Cl)c(C)c1. The van der Waals surface area contributed by atoms with Gasteiger partial charge in [-0.05, 0) is 57.0 Å². The quantitative estimate of drug-likeness (QED) is 0.632. The van der Waals surface area contributed by atoms with Crippen LogP contribution in [0.2, 0.25) is 5.02 Å². The summed E-state index contributed by atoms with van der Waals surface area (Å²) in [6.45, 7) is 6.99. The highest BCUT2D eigenvalue weighted by Gasteiger charge is 2.27. The number of rotatable bonds is 9. The molecule has 0 aromatic heterocycles. The van der Waals surface area contributed by atoms with E-state index < -0.39 is 17.8 Å². The highest BCUT2D eigenvalue weighted by Crippen LogP contribution is 2.21. The van der Waals surface area contributed by atoms with Gasteiger partial charge in [-0.25, -0.2) is 4.39 Å². The standard InChI is InChI=1S/C23H28ClFN2O3/c1-5-16(3)26-23(29)17(4)27(13-18-8-6-7-9-21(18)25)22(28)14-30-19-10-11-20(24)15(2)12-19/h6-12,16-17H,5,13-14H2,1-4H3,(H,26,29)/t16-,17-/m1/s1. The van der Waals surface area contributed by atoms with Crippen LogP contribution in [0.5, 0.6) is 5.75 Å². The molecule has 0 heterocycles. The van der Waals surface area contributed by atoms with Crippen LogP contribution in [-0.2, 0) is 16.1 Å². The van der Waals surface area contributed by atoms with Crippen molar-refractivity contribution >= 4 is 23.4 Å². The van der Waals surface area contributed by atoms with Crippen molar-refractivity contribution in [2.24, 2.45) is 0 Å². The predicted octanol–water partition coefficient (Wildman–Crippen LogP) is 4.50. The van der Waals surface area contributed by atoms with Gasteiger partial charge in [-0.2, -0.15) is 0 Å². The van der Waals surface area contributed by atoms with Crippen LogP contribution in [0.25, 0.3) is 0 Å². The van der Waals surface area contributed by atoms with E-state index in [-0.39, 0.29) is 25.1 Å². The largest absolute Gasteiger partial charge is 0.484 e. The van der Waals surface area contributed by atoms with Gasteiger partial charge in [0.1, 0.15) is 17.6 Å². The first-order chi connectivity index (χ1) is 14.2. The molecule has 30 heavy (non-hydrogen) atoms. The van der Waals surface area contributed by atoms with Gasteiger partial charge in [0.05, 0.1) is 0 Å². The van der Waals surface area contributed by atoms with E-state index in [4.69, 9.17) is 16.3 Å². The van der Waals surface area contributed by atoms with Gasteiger partial charge in [-0.1, -0.05) is 36.7 Å². The maximum atomic E-state index is 14.2. The molecule has 2 atom stereocenters. The number of halogens is 2. The van der Waals surface area contributed by atoms with E-state index >= 15 is 0 Å². The van der Waals surface area contributed by atoms with E-state index in [2.05, 4.69) is 5.32 Å². The molecular weight excluding hydrogens is 407 g/mol. The Morgan fingerprint density at radius 2 is 1.90 bits per heavy atom. The summed E-state index contributed by atoms with van der Waals surface area (Å²) in [6, 6.07) is 10.5. The Morgan fingerprint density at radius 1 is 1.20 bits per heavy atom. The monoisotopic (exact) mass is 434 g/mol. The molecule has 2 aromatic rings. The zero-order valence-electron chi connectivity index (χ0n) is 17.7. The van der Waals surface area contributed by atoms with E-state index in [1.165, 1.54) is 11.0 Å². The van der Waals surface area contributed by atoms with Gasteiger partial charge in [-0.15, -0.1) is 0 Å². The molecule has 5 nitrogen and oxygen atoms in total. The lowest BCUT2D eigenvalue weighted by Gasteiger charge is -2.29. The van der Waals surface area contributed by atoms with Crippen LogP contribution in [0.1, 0.15) is 38.3 Å². The topological polar surface area (TPSA) is 58.6 Å². The second kappa shape index (κ2) is 11.0. The lowest BCUT2D eigenvalue weighted by atomic mass is 10.1. The maximum Gasteiger partial charge on any atom is 0.261 e. The van der Waals surface area contributed by atoms with Crippen molar-refractivity contribution in [3.8, 4) is 5.75 Å². The van der Waals surface area contributed by atoms with Crippen molar-refractivity contribution in [1.29, 1.82) is 0 Å². The third-order valence-electron chi connectivity index (χ3n) is 4.96. The molecule has 0 aliphatic heterocycles. The average molecular weight is 435 g/mol. The summed E-state index contributed by atoms with van der Waals surface area (Å²) in [7, 11) is 0. The Balaban J connectivity index is 2.18. The summed E-state index contributed by atoms with van der Waals surface area (Å²) in [5.41, 5.74) is 1.16. The number of hydrogen-bond donors (Lipinski definition) is 1. The molecule has 2 aromatic carbocycles. The van der Waals surface area contributed by atoms with Crippen LogP contribution in [0.4, 0.5) is 4.39 Å². The molecule has 0 fully saturated rings. The first-order valence-electron chi connectivity index (χ1n) is 9.95. The fourth-order valence-corrected chi connectivity index (χ4v) is 2.91. The van der Waals surface area contributed by atoms with Gasteiger partial charge in [0, 0.05) is 23.2 Å². The number of nitrogens with zero attached hydrogens (tertiary/aromatic N) is 1. The molecule has 0 aliphatic carbocycles. The number of carbonyl (C=O) groups is 2. The third kappa shape index (κ3) is 6.46. The normalized spacial score (nSPS) is 12.7. The Bertz CT molecular complexity index is 891. The van der Waals surface area contributed by atoms with Gasteiger partial charge in [-0.3, -0.25) is 9.59 Å². The first-order valence-corrected chi connectivity index (χ1v) is 10.3. The van der Waals surface area contributed by atoms with Crippen LogP contribution in [0, 0.1) is 12.7 Å². The molecule has 2 rings (SSSR count). The highest BCUT2D eigenvalue weighted by molar-refractivity contribution is 6.31. The molecular formula is C23H28ClFN2O3. The van der Waals surface area contributed by atoms with Crippen LogP contribution < -0.4 is 10.1 Å². The van der Waals surface area contributed by atoms with Gasteiger partial charge in [0.25, 0.3) is 5.91 Å². The summed E-state index contributed by atoms with van der Waals surface area (Å²) in [5.74, 6) is -0.652. The van der Waals surface area contributed by atoms with Crippen molar-refractivity contribution in [3.63, 3.8) is 0 Å². The summed E-state index contributed by atoms with van der Waals surface area (Å²) < 4.78 is 19.8. The van der Waals surface area contributed by atoms with Gasteiger partial charge >= 0.3 is 0 Å². The minimum Gasteiger partial charge on any atom is -0.484 e. The van der Waals surface area contributed by atoms with E-state index in [0.717, 1.165) is 12.0 Å². The minimum absolute atomic E-state index is 0.0290. The highest BCUT2D eigenvalue weighted by atomic mass is 35.5. The predicted molar refractivity (Wildman–Crippen MR) is 116 cm³/mol.